The molecule has 1 heterocycles. The first-order valence-corrected chi connectivity index (χ1v) is 8.72. The molecule has 4 rings (SSSR count). The average Bonchev–Trinajstić information content (AvgIpc) is 2.95. The Morgan fingerprint density at radius 1 is 0.963 bits per heavy atom. The van der Waals surface area contributed by atoms with E-state index in [9.17, 15) is 22.8 Å². The highest BCUT2D eigenvalue weighted by Crippen LogP contribution is 2.43. The van der Waals surface area contributed by atoms with E-state index in [4.69, 9.17) is 0 Å². The van der Waals surface area contributed by atoms with E-state index in [1.807, 2.05) is 53.8 Å². The van der Waals surface area contributed by atoms with E-state index in [0.717, 1.165) is 22.3 Å². The van der Waals surface area contributed by atoms with E-state index in [-0.39, 0.29) is 12.8 Å². The van der Waals surface area contributed by atoms with Crippen molar-refractivity contribution in [2.24, 2.45) is 5.92 Å². The number of alkyl halides is 3. The van der Waals surface area contributed by atoms with Crippen LogP contribution in [0.1, 0.15) is 30.0 Å². The number of hydrogen-bond acceptors (Lipinski definition) is 2. The SMILES string of the molecule is O=C(NC1c2ccccc2-c2ccccc21)C1CCC(C(F)(F)F)NC1=O. The molecule has 1 aliphatic carbocycles. The van der Waals surface area contributed by atoms with Crippen LogP contribution in [0.5, 0.6) is 0 Å². The normalized spacial score (nSPS) is 22.0. The number of nitrogens with one attached hydrogen (secondary N) is 2. The molecule has 2 amide bonds. The fraction of sp³-hybridized carbons (Fsp3) is 0.300. The maximum atomic E-state index is 12.8. The second-order valence-electron chi connectivity index (χ2n) is 6.85. The Morgan fingerprint density at radius 3 is 2.04 bits per heavy atom. The summed E-state index contributed by atoms with van der Waals surface area (Å²) in [7, 11) is 0. The minimum absolute atomic E-state index is 0.127. The lowest BCUT2D eigenvalue weighted by molar-refractivity contribution is -0.171. The van der Waals surface area contributed by atoms with Crippen molar-refractivity contribution in [1.82, 2.24) is 10.6 Å². The summed E-state index contributed by atoms with van der Waals surface area (Å²) in [6.45, 7) is 0. The van der Waals surface area contributed by atoms with Crippen LogP contribution in [0.25, 0.3) is 11.1 Å². The molecule has 140 valence electrons. The largest absolute Gasteiger partial charge is 0.408 e. The highest BCUT2D eigenvalue weighted by Gasteiger charge is 2.46. The van der Waals surface area contributed by atoms with Gasteiger partial charge in [-0.1, -0.05) is 48.5 Å². The van der Waals surface area contributed by atoms with E-state index < -0.39 is 36.0 Å². The number of piperidine rings is 1. The smallest absolute Gasteiger partial charge is 0.344 e. The van der Waals surface area contributed by atoms with Crippen molar-refractivity contribution >= 4 is 11.8 Å². The van der Waals surface area contributed by atoms with E-state index in [1.54, 1.807) is 0 Å². The van der Waals surface area contributed by atoms with Crippen LogP contribution in [0.15, 0.2) is 48.5 Å². The second-order valence-corrected chi connectivity index (χ2v) is 6.85. The van der Waals surface area contributed by atoms with Crippen molar-refractivity contribution in [2.45, 2.75) is 31.1 Å². The molecule has 1 saturated heterocycles. The van der Waals surface area contributed by atoms with E-state index >= 15 is 0 Å². The molecule has 4 nitrogen and oxygen atoms in total. The first-order chi connectivity index (χ1) is 12.9. The summed E-state index contributed by atoms with van der Waals surface area (Å²) in [5.41, 5.74) is 3.83. The predicted octanol–water partition coefficient (Wildman–Crippen LogP) is 3.33. The summed E-state index contributed by atoms with van der Waals surface area (Å²) in [6.07, 6.45) is -4.93. The number of amides is 2. The second kappa shape index (κ2) is 6.40. The van der Waals surface area contributed by atoms with Gasteiger partial charge in [-0.15, -0.1) is 0 Å². The third-order valence-corrected chi connectivity index (χ3v) is 5.21. The van der Waals surface area contributed by atoms with Crippen molar-refractivity contribution in [2.75, 3.05) is 0 Å². The third kappa shape index (κ3) is 3.07. The fourth-order valence-corrected chi connectivity index (χ4v) is 3.86. The van der Waals surface area contributed by atoms with Gasteiger partial charge in [0.1, 0.15) is 12.0 Å². The molecule has 0 radical (unpaired) electrons. The highest BCUT2D eigenvalue weighted by atomic mass is 19.4. The van der Waals surface area contributed by atoms with Gasteiger partial charge < -0.3 is 10.6 Å². The Hall–Kier alpha value is -2.83. The standard InChI is InChI=1S/C20H17F3N2O2/c21-20(22,23)16-10-9-15(18(26)24-16)19(27)25-17-13-7-3-1-5-11(13)12-6-2-4-8-14(12)17/h1-8,15-17H,9-10H2,(H,24,26)(H,25,27). The molecule has 0 aromatic heterocycles. The summed E-state index contributed by atoms with van der Waals surface area (Å²) < 4.78 is 38.4. The van der Waals surface area contributed by atoms with Gasteiger partial charge in [0.05, 0.1) is 6.04 Å². The van der Waals surface area contributed by atoms with Gasteiger partial charge in [0.25, 0.3) is 0 Å². The molecule has 2 aliphatic rings. The summed E-state index contributed by atoms with van der Waals surface area (Å²) in [5, 5.41) is 4.79. The lowest BCUT2D eigenvalue weighted by Crippen LogP contribution is -2.54. The third-order valence-electron chi connectivity index (χ3n) is 5.21. The van der Waals surface area contributed by atoms with Gasteiger partial charge >= 0.3 is 6.18 Å². The van der Waals surface area contributed by atoms with Crippen molar-refractivity contribution in [3.05, 3.63) is 59.7 Å². The van der Waals surface area contributed by atoms with Crippen LogP contribution in [0, 0.1) is 5.92 Å². The van der Waals surface area contributed by atoms with Crippen LogP contribution in [0.3, 0.4) is 0 Å². The predicted molar refractivity (Wildman–Crippen MR) is 92.6 cm³/mol. The molecule has 2 unspecified atom stereocenters. The number of hydrogen-bond donors (Lipinski definition) is 2. The number of carbonyl (C=O) groups excluding carboxylic acids is 2. The summed E-state index contributed by atoms with van der Waals surface area (Å²) in [5.74, 6) is -2.55. The van der Waals surface area contributed by atoms with Crippen LogP contribution < -0.4 is 10.6 Å². The summed E-state index contributed by atoms with van der Waals surface area (Å²) in [4.78, 5) is 24.8. The molecule has 2 aromatic rings. The Labute approximate surface area is 153 Å². The van der Waals surface area contributed by atoms with Crippen molar-refractivity contribution in [1.29, 1.82) is 0 Å². The first-order valence-electron chi connectivity index (χ1n) is 8.72. The molecule has 0 saturated carbocycles. The molecule has 1 fully saturated rings. The van der Waals surface area contributed by atoms with Gasteiger partial charge in [-0.2, -0.15) is 13.2 Å². The Balaban J connectivity index is 1.55. The van der Waals surface area contributed by atoms with Crippen LogP contribution in [-0.2, 0) is 9.59 Å². The Bertz CT molecular complexity index is 865. The van der Waals surface area contributed by atoms with Crippen molar-refractivity contribution < 1.29 is 22.8 Å². The van der Waals surface area contributed by atoms with Gasteiger partial charge in [-0.25, -0.2) is 0 Å². The molecule has 2 atom stereocenters. The molecule has 2 N–H and O–H groups in total. The lowest BCUT2D eigenvalue weighted by atomic mass is 9.92. The van der Waals surface area contributed by atoms with Gasteiger partial charge in [-0.05, 0) is 35.1 Å². The minimum Gasteiger partial charge on any atom is -0.344 e. The Morgan fingerprint density at radius 2 is 1.52 bits per heavy atom. The van der Waals surface area contributed by atoms with E-state index in [0.29, 0.717) is 0 Å². The monoisotopic (exact) mass is 374 g/mol. The molecule has 27 heavy (non-hydrogen) atoms. The quantitative estimate of drug-likeness (QED) is 0.793. The fourth-order valence-electron chi connectivity index (χ4n) is 3.86. The maximum absolute atomic E-state index is 12.8. The number of fused-ring (bicyclic) bond motifs is 3. The maximum Gasteiger partial charge on any atom is 0.408 e. The number of rotatable bonds is 2. The molecule has 0 bridgehead atoms. The highest BCUT2D eigenvalue weighted by molar-refractivity contribution is 6.01. The van der Waals surface area contributed by atoms with Gasteiger partial charge in [0.2, 0.25) is 11.8 Å². The van der Waals surface area contributed by atoms with Crippen LogP contribution in [-0.4, -0.2) is 24.0 Å². The van der Waals surface area contributed by atoms with Crippen LogP contribution in [0.2, 0.25) is 0 Å². The van der Waals surface area contributed by atoms with Crippen LogP contribution in [0.4, 0.5) is 13.2 Å². The average molecular weight is 374 g/mol. The van der Waals surface area contributed by atoms with Crippen molar-refractivity contribution in [3.8, 4) is 11.1 Å². The zero-order valence-electron chi connectivity index (χ0n) is 14.2. The lowest BCUT2D eigenvalue weighted by Gasteiger charge is -2.30. The van der Waals surface area contributed by atoms with E-state index in [1.165, 1.54) is 0 Å². The molecule has 0 spiro atoms. The number of benzene rings is 2. The molecular weight excluding hydrogens is 357 g/mol. The van der Waals surface area contributed by atoms with E-state index in [2.05, 4.69) is 5.32 Å². The van der Waals surface area contributed by atoms with Gasteiger partial charge in [-0.3, -0.25) is 9.59 Å². The number of halogens is 3. The topological polar surface area (TPSA) is 58.2 Å². The molecule has 2 aromatic carbocycles. The zero-order chi connectivity index (χ0) is 19.2. The molecule has 7 heteroatoms. The summed E-state index contributed by atoms with van der Waals surface area (Å²) in [6, 6.07) is 13.0. The Kier molecular flexibility index (Phi) is 4.17. The van der Waals surface area contributed by atoms with Gasteiger partial charge in [0, 0.05) is 0 Å². The zero-order valence-corrected chi connectivity index (χ0v) is 14.2. The summed E-state index contributed by atoms with van der Waals surface area (Å²) >= 11 is 0. The first kappa shape index (κ1) is 17.6. The van der Waals surface area contributed by atoms with Crippen molar-refractivity contribution in [3.63, 3.8) is 0 Å². The molecule has 1 aliphatic heterocycles. The van der Waals surface area contributed by atoms with Gasteiger partial charge in [0.15, 0.2) is 0 Å². The van der Waals surface area contributed by atoms with Crippen LogP contribution >= 0.6 is 0 Å². The minimum atomic E-state index is -4.50. The number of carbonyl (C=O) groups is 2. The molecular formula is C20H17F3N2O2.